The fourth-order valence-corrected chi connectivity index (χ4v) is 2.91. The van der Waals surface area contributed by atoms with Crippen molar-refractivity contribution < 1.29 is 19.4 Å². The number of carboxylic acid groups (broad SMARTS) is 1. The van der Waals surface area contributed by atoms with Crippen LogP contribution in [0.5, 0.6) is 5.75 Å². The van der Waals surface area contributed by atoms with Crippen molar-refractivity contribution in [1.82, 2.24) is 10.3 Å². The molecule has 8 heteroatoms. The van der Waals surface area contributed by atoms with Gasteiger partial charge in [-0.2, -0.15) is 0 Å². The molecule has 150 valence electrons. The number of ether oxygens (including phenoxy) is 1. The van der Waals surface area contributed by atoms with Crippen LogP contribution in [0.3, 0.4) is 0 Å². The maximum atomic E-state index is 12.4. The third-order valence-corrected chi connectivity index (χ3v) is 4.32. The van der Waals surface area contributed by atoms with Gasteiger partial charge < -0.3 is 25.8 Å². The molecular formula is C20H26N4O4. The summed E-state index contributed by atoms with van der Waals surface area (Å²) in [5.41, 5.74) is 2.43. The van der Waals surface area contributed by atoms with E-state index in [1.165, 1.54) is 0 Å². The first-order valence-electron chi connectivity index (χ1n) is 8.96. The van der Waals surface area contributed by atoms with E-state index in [1.54, 1.807) is 46.3 Å². The third kappa shape index (κ3) is 5.60. The van der Waals surface area contributed by atoms with Crippen LogP contribution in [0.2, 0.25) is 0 Å². The predicted octanol–water partition coefficient (Wildman–Crippen LogP) is 3.42. The van der Waals surface area contributed by atoms with E-state index in [0.717, 1.165) is 16.9 Å². The molecule has 2 amide bonds. The van der Waals surface area contributed by atoms with Crippen LogP contribution in [0.15, 0.2) is 36.5 Å². The van der Waals surface area contributed by atoms with Crippen LogP contribution in [0.4, 0.5) is 16.3 Å². The Kier molecular flexibility index (Phi) is 7.20. The van der Waals surface area contributed by atoms with E-state index in [2.05, 4.69) is 20.9 Å². The molecule has 8 nitrogen and oxygen atoms in total. The van der Waals surface area contributed by atoms with Crippen LogP contribution in [0, 0.1) is 5.92 Å². The maximum absolute atomic E-state index is 12.4. The summed E-state index contributed by atoms with van der Waals surface area (Å²) in [7, 11) is 3.38. The Morgan fingerprint density at radius 3 is 2.61 bits per heavy atom. The van der Waals surface area contributed by atoms with Gasteiger partial charge >= 0.3 is 6.09 Å². The number of benzene rings is 1. The molecule has 0 saturated heterocycles. The quantitative estimate of drug-likeness (QED) is 0.553. The number of rotatable bonds is 8. The van der Waals surface area contributed by atoms with E-state index in [9.17, 15) is 9.59 Å². The van der Waals surface area contributed by atoms with Crippen LogP contribution in [-0.2, 0) is 4.79 Å². The summed E-state index contributed by atoms with van der Waals surface area (Å²) in [6, 6.07) is 8.93. The van der Waals surface area contributed by atoms with Crippen LogP contribution >= 0.6 is 0 Å². The zero-order valence-electron chi connectivity index (χ0n) is 16.4. The molecule has 0 aliphatic rings. The van der Waals surface area contributed by atoms with Gasteiger partial charge in [0, 0.05) is 42.5 Å². The lowest BCUT2D eigenvalue weighted by Crippen LogP contribution is -2.34. The van der Waals surface area contributed by atoms with E-state index in [0.29, 0.717) is 17.9 Å². The molecule has 4 N–H and O–H groups in total. The maximum Gasteiger partial charge on any atom is 0.404 e. The van der Waals surface area contributed by atoms with Crippen molar-refractivity contribution >= 4 is 23.5 Å². The zero-order chi connectivity index (χ0) is 20.7. The number of nitrogens with one attached hydrogen (secondary N) is 3. The van der Waals surface area contributed by atoms with Crippen LogP contribution in [0.25, 0.3) is 11.1 Å². The van der Waals surface area contributed by atoms with Crippen molar-refractivity contribution in [1.29, 1.82) is 0 Å². The minimum atomic E-state index is -1.10. The van der Waals surface area contributed by atoms with Crippen LogP contribution in [-0.4, -0.2) is 42.3 Å². The Morgan fingerprint density at radius 1 is 1.21 bits per heavy atom. The fourth-order valence-electron chi connectivity index (χ4n) is 2.91. The first kappa shape index (κ1) is 21.0. The number of pyridine rings is 1. The predicted molar refractivity (Wildman–Crippen MR) is 109 cm³/mol. The van der Waals surface area contributed by atoms with Gasteiger partial charge in [-0.3, -0.25) is 4.79 Å². The molecule has 0 spiro atoms. The summed E-state index contributed by atoms with van der Waals surface area (Å²) in [4.78, 5) is 27.3. The smallest absolute Gasteiger partial charge is 0.404 e. The highest BCUT2D eigenvalue weighted by Crippen LogP contribution is 2.33. The van der Waals surface area contributed by atoms with Gasteiger partial charge in [-0.25, -0.2) is 9.78 Å². The lowest BCUT2D eigenvalue weighted by molar-refractivity contribution is -0.119. The Hall–Kier alpha value is -3.29. The molecule has 0 aliphatic heterocycles. The van der Waals surface area contributed by atoms with Crippen molar-refractivity contribution in [2.24, 2.45) is 5.92 Å². The minimum Gasteiger partial charge on any atom is -0.496 e. The highest BCUT2D eigenvalue weighted by molar-refractivity contribution is 5.93. The highest BCUT2D eigenvalue weighted by atomic mass is 16.5. The molecule has 2 aromatic rings. The second kappa shape index (κ2) is 9.59. The minimum absolute atomic E-state index is 0.185. The summed E-state index contributed by atoms with van der Waals surface area (Å²) in [5.74, 6) is 0.829. The molecule has 0 fully saturated rings. The van der Waals surface area contributed by atoms with Crippen LogP contribution < -0.4 is 20.7 Å². The summed E-state index contributed by atoms with van der Waals surface area (Å²) in [6.07, 6.45) is 1.01. The molecule has 1 heterocycles. The molecule has 0 bridgehead atoms. The molecule has 0 aliphatic carbocycles. The van der Waals surface area contributed by atoms with Crippen molar-refractivity contribution in [2.75, 3.05) is 24.8 Å². The number of hydrogen-bond donors (Lipinski definition) is 4. The summed E-state index contributed by atoms with van der Waals surface area (Å²) < 4.78 is 5.50. The van der Waals surface area contributed by atoms with Crippen LogP contribution in [0.1, 0.15) is 20.3 Å². The molecule has 0 saturated carbocycles. The first-order chi connectivity index (χ1) is 13.3. The molecule has 0 radical (unpaired) electrons. The number of nitrogens with zero attached hydrogens (tertiary/aromatic N) is 1. The van der Waals surface area contributed by atoms with Gasteiger partial charge in [0.2, 0.25) is 5.91 Å². The van der Waals surface area contributed by atoms with Gasteiger partial charge in [-0.1, -0.05) is 6.92 Å². The topological polar surface area (TPSA) is 113 Å². The molecule has 2 atom stereocenters. The lowest BCUT2D eigenvalue weighted by atomic mass is 10.0. The van der Waals surface area contributed by atoms with E-state index in [-0.39, 0.29) is 17.9 Å². The number of aromatic nitrogens is 1. The van der Waals surface area contributed by atoms with E-state index < -0.39 is 6.09 Å². The van der Waals surface area contributed by atoms with Crippen molar-refractivity contribution in [3.05, 3.63) is 36.5 Å². The second-order valence-corrected chi connectivity index (χ2v) is 6.57. The summed E-state index contributed by atoms with van der Waals surface area (Å²) >= 11 is 0. The number of methoxy groups -OCH3 is 1. The summed E-state index contributed by atoms with van der Waals surface area (Å²) in [6.45, 7) is 3.49. The second-order valence-electron chi connectivity index (χ2n) is 6.57. The number of hydrogen-bond acceptors (Lipinski definition) is 5. The molecular weight excluding hydrogens is 360 g/mol. The van der Waals surface area contributed by atoms with E-state index in [1.807, 2.05) is 18.2 Å². The largest absolute Gasteiger partial charge is 0.496 e. The van der Waals surface area contributed by atoms with E-state index in [4.69, 9.17) is 9.84 Å². The monoisotopic (exact) mass is 386 g/mol. The van der Waals surface area contributed by atoms with Gasteiger partial charge in [-0.15, -0.1) is 0 Å². The van der Waals surface area contributed by atoms with Gasteiger partial charge in [0.25, 0.3) is 0 Å². The van der Waals surface area contributed by atoms with Gasteiger partial charge in [0.1, 0.15) is 11.6 Å². The van der Waals surface area contributed by atoms with Gasteiger partial charge in [0.15, 0.2) is 0 Å². The Labute approximate surface area is 164 Å². The average Bonchev–Trinajstić information content (AvgIpc) is 2.67. The average molecular weight is 386 g/mol. The van der Waals surface area contributed by atoms with Gasteiger partial charge in [0.05, 0.1) is 7.11 Å². The standard InChI is InChI=1S/C20H26N4O4/c1-12(9-13(2)23-20(26)27)19(25)24-15-5-6-16(17(11-15)28-4)14-7-8-22-18(10-14)21-3/h5-8,10-13,23H,9H2,1-4H3,(H,21,22)(H,24,25)(H,26,27). The molecule has 2 unspecified atom stereocenters. The van der Waals surface area contributed by atoms with Crippen molar-refractivity contribution in [3.63, 3.8) is 0 Å². The van der Waals surface area contributed by atoms with E-state index >= 15 is 0 Å². The number of carbonyl (C=O) groups excluding carboxylic acids is 1. The highest BCUT2D eigenvalue weighted by Gasteiger charge is 2.18. The zero-order valence-corrected chi connectivity index (χ0v) is 16.4. The lowest BCUT2D eigenvalue weighted by Gasteiger charge is -2.18. The summed E-state index contributed by atoms with van der Waals surface area (Å²) in [5, 5.41) is 17.0. The van der Waals surface area contributed by atoms with Crippen molar-refractivity contribution in [2.45, 2.75) is 26.3 Å². The molecule has 2 rings (SSSR count). The normalized spacial score (nSPS) is 12.6. The first-order valence-corrected chi connectivity index (χ1v) is 8.96. The fraction of sp³-hybridized carbons (Fsp3) is 0.350. The number of anilines is 2. The molecule has 1 aromatic carbocycles. The SMILES string of the molecule is CNc1cc(-c2ccc(NC(=O)C(C)CC(C)NC(=O)O)cc2OC)ccn1. The Balaban J connectivity index is 2.12. The van der Waals surface area contributed by atoms with Crippen molar-refractivity contribution in [3.8, 4) is 16.9 Å². The van der Waals surface area contributed by atoms with Gasteiger partial charge in [-0.05, 0) is 43.2 Å². The number of amides is 2. The number of carbonyl (C=O) groups is 2. The molecule has 1 aromatic heterocycles. The third-order valence-electron chi connectivity index (χ3n) is 4.32. The Bertz CT molecular complexity index is 841. The molecule has 28 heavy (non-hydrogen) atoms. The Morgan fingerprint density at radius 2 is 1.96 bits per heavy atom.